The summed E-state index contributed by atoms with van der Waals surface area (Å²) < 4.78 is 0. The van der Waals surface area contributed by atoms with Gasteiger partial charge in [-0.15, -0.1) is 0 Å². The summed E-state index contributed by atoms with van der Waals surface area (Å²) in [4.78, 5) is 4.41. The van der Waals surface area contributed by atoms with Gasteiger partial charge in [-0.2, -0.15) is 0 Å². The molecule has 0 aliphatic carbocycles. The van der Waals surface area contributed by atoms with Crippen LogP contribution < -0.4 is 10.2 Å². The Morgan fingerprint density at radius 3 is 2.41 bits per heavy atom. The highest BCUT2D eigenvalue weighted by Gasteiger charge is 2.07. The molecule has 0 aliphatic heterocycles. The Hall–Kier alpha value is -1.65. The molecule has 0 aromatic heterocycles. The predicted molar refractivity (Wildman–Crippen MR) is 101 cm³/mol. The summed E-state index contributed by atoms with van der Waals surface area (Å²) in [7, 11) is 2.01. The smallest absolute Gasteiger partial charge is 0.173 e. The average molecular weight is 315 g/mol. The summed E-state index contributed by atoms with van der Waals surface area (Å²) in [6.45, 7) is 8.40. The summed E-state index contributed by atoms with van der Waals surface area (Å²) >= 11 is 5.50. The molecular formula is C18H25N3S. The van der Waals surface area contributed by atoms with Crippen molar-refractivity contribution in [1.82, 2.24) is 10.2 Å². The fraction of sp³-hybridized carbons (Fsp3) is 0.389. The van der Waals surface area contributed by atoms with Crippen LogP contribution in [0.1, 0.15) is 13.8 Å². The minimum absolute atomic E-state index is 0.766. The van der Waals surface area contributed by atoms with Crippen LogP contribution in [0, 0.1) is 0 Å². The molecule has 0 bridgehead atoms. The van der Waals surface area contributed by atoms with Crippen LogP contribution in [-0.4, -0.2) is 43.2 Å². The van der Waals surface area contributed by atoms with Gasteiger partial charge >= 0.3 is 0 Å². The Morgan fingerprint density at radius 1 is 1.05 bits per heavy atom. The largest absolute Gasteiger partial charge is 0.361 e. The van der Waals surface area contributed by atoms with E-state index < -0.39 is 0 Å². The number of thiocarbonyl (C=S) groups is 1. The van der Waals surface area contributed by atoms with Crippen molar-refractivity contribution in [2.24, 2.45) is 0 Å². The van der Waals surface area contributed by atoms with Crippen molar-refractivity contribution in [2.75, 3.05) is 38.1 Å². The average Bonchev–Trinajstić information content (AvgIpc) is 2.57. The number of likely N-dealkylation sites (N-methyl/N-ethyl adjacent to an activating group) is 1. The minimum Gasteiger partial charge on any atom is -0.361 e. The molecule has 0 spiro atoms. The number of benzene rings is 2. The van der Waals surface area contributed by atoms with Crippen molar-refractivity contribution < 1.29 is 0 Å². The number of anilines is 1. The first-order chi connectivity index (χ1) is 10.7. The van der Waals surface area contributed by atoms with Gasteiger partial charge in [0.15, 0.2) is 5.11 Å². The molecule has 0 atom stereocenters. The van der Waals surface area contributed by atoms with Crippen LogP contribution in [0.2, 0.25) is 0 Å². The molecule has 0 saturated carbocycles. The van der Waals surface area contributed by atoms with Crippen LogP contribution in [0.5, 0.6) is 0 Å². The summed E-state index contributed by atoms with van der Waals surface area (Å²) in [5, 5.41) is 6.59. The highest BCUT2D eigenvalue weighted by Crippen LogP contribution is 2.21. The number of rotatable bonds is 6. The third-order valence-corrected chi connectivity index (χ3v) is 4.44. The lowest BCUT2D eigenvalue weighted by Crippen LogP contribution is -2.41. The molecule has 1 N–H and O–H groups in total. The molecule has 3 nitrogen and oxygen atoms in total. The van der Waals surface area contributed by atoms with Gasteiger partial charge in [0.2, 0.25) is 0 Å². The summed E-state index contributed by atoms with van der Waals surface area (Å²) in [6, 6.07) is 14.8. The van der Waals surface area contributed by atoms with Crippen molar-refractivity contribution in [2.45, 2.75) is 13.8 Å². The van der Waals surface area contributed by atoms with E-state index in [0.29, 0.717) is 0 Å². The van der Waals surface area contributed by atoms with Crippen molar-refractivity contribution in [3.05, 3.63) is 42.5 Å². The fourth-order valence-electron chi connectivity index (χ4n) is 2.48. The van der Waals surface area contributed by atoms with Gasteiger partial charge < -0.3 is 15.1 Å². The molecule has 0 heterocycles. The molecule has 2 aromatic rings. The number of hydrogen-bond donors (Lipinski definition) is 1. The van der Waals surface area contributed by atoms with E-state index in [1.807, 2.05) is 11.9 Å². The quantitative estimate of drug-likeness (QED) is 0.822. The number of fused-ring (bicyclic) bond motifs is 1. The highest BCUT2D eigenvalue weighted by atomic mass is 32.1. The highest BCUT2D eigenvalue weighted by molar-refractivity contribution is 7.80. The molecule has 2 rings (SSSR count). The van der Waals surface area contributed by atoms with E-state index in [0.717, 1.165) is 37.0 Å². The summed E-state index contributed by atoms with van der Waals surface area (Å²) in [6.07, 6.45) is 0. The van der Waals surface area contributed by atoms with E-state index in [1.165, 1.54) is 10.8 Å². The third-order valence-electron chi connectivity index (χ3n) is 4.02. The van der Waals surface area contributed by atoms with E-state index in [2.05, 4.69) is 66.5 Å². The van der Waals surface area contributed by atoms with Gasteiger partial charge in [0.05, 0.1) is 0 Å². The van der Waals surface area contributed by atoms with Crippen LogP contribution >= 0.6 is 12.2 Å². The lowest BCUT2D eigenvalue weighted by atomic mass is 10.1. The van der Waals surface area contributed by atoms with E-state index in [1.54, 1.807) is 0 Å². The molecule has 2 aromatic carbocycles. The Balaban J connectivity index is 1.96. The number of nitrogens with one attached hydrogen (secondary N) is 1. The molecular weight excluding hydrogens is 290 g/mol. The van der Waals surface area contributed by atoms with E-state index in [-0.39, 0.29) is 0 Å². The van der Waals surface area contributed by atoms with E-state index >= 15 is 0 Å². The van der Waals surface area contributed by atoms with Gasteiger partial charge in [0.1, 0.15) is 0 Å². The van der Waals surface area contributed by atoms with Crippen molar-refractivity contribution in [3.8, 4) is 0 Å². The van der Waals surface area contributed by atoms with Gasteiger partial charge in [0.25, 0.3) is 0 Å². The lowest BCUT2D eigenvalue weighted by Gasteiger charge is -2.23. The van der Waals surface area contributed by atoms with Crippen LogP contribution in [0.4, 0.5) is 5.69 Å². The molecule has 118 valence electrons. The van der Waals surface area contributed by atoms with Crippen molar-refractivity contribution in [1.29, 1.82) is 0 Å². The van der Waals surface area contributed by atoms with Crippen molar-refractivity contribution >= 4 is 33.8 Å². The normalized spacial score (nSPS) is 10.9. The Morgan fingerprint density at radius 2 is 1.73 bits per heavy atom. The molecule has 0 aliphatic rings. The van der Waals surface area contributed by atoms with Gasteiger partial charge in [0, 0.05) is 25.8 Å². The first-order valence-electron chi connectivity index (χ1n) is 7.88. The maximum absolute atomic E-state index is 5.50. The van der Waals surface area contributed by atoms with Crippen molar-refractivity contribution in [3.63, 3.8) is 0 Å². The predicted octanol–water partition coefficient (Wildman–Crippen LogP) is 3.49. The standard InChI is InChI=1S/C18H25N3S/c1-4-21(5-2)13-12-19-18(22)20(3)17-11-10-15-8-6-7-9-16(15)14-17/h6-11,14H,4-5,12-13H2,1-3H3,(H,19,22). The fourth-order valence-corrected chi connectivity index (χ4v) is 2.69. The van der Waals surface area contributed by atoms with Crippen LogP contribution in [0.15, 0.2) is 42.5 Å². The lowest BCUT2D eigenvalue weighted by molar-refractivity contribution is 0.308. The van der Waals surface area contributed by atoms with Gasteiger partial charge in [-0.25, -0.2) is 0 Å². The maximum Gasteiger partial charge on any atom is 0.173 e. The molecule has 0 saturated heterocycles. The van der Waals surface area contributed by atoms with Crippen LogP contribution in [-0.2, 0) is 0 Å². The first kappa shape index (κ1) is 16.7. The van der Waals surface area contributed by atoms with Gasteiger partial charge in [-0.1, -0.05) is 44.2 Å². The second kappa shape index (κ2) is 8.11. The zero-order valence-corrected chi connectivity index (χ0v) is 14.5. The monoisotopic (exact) mass is 315 g/mol. The third kappa shape index (κ3) is 4.18. The van der Waals surface area contributed by atoms with Crippen LogP contribution in [0.25, 0.3) is 10.8 Å². The Labute approximate surface area is 138 Å². The Bertz CT molecular complexity index is 623. The maximum atomic E-state index is 5.50. The van der Waals surface area contributed by atoms with E-state index in [9.17, 15) is 0 Å². The van der Waals surface area contributed by atoms with Crippen LogP contribution in [0.3, 0.4) is 0 Å². The minimum atomic E-state index is 0.766. The molecule has 22 heavy (non-hydrogen) atoms. The molecule has 4 heteroatoms. The zero-order valence-electron chi connectivity index (χ0n) is 13.7. The van der Waals surface area contributed by atoms with Gasteiger partial charge in [-0.05, 0) is 48.2 Å². The van der Waals surface area contributed by atoms with Gasteiger partial charge in [-0.3, -0.25) is 0 Å². The number of hydrogen-bond acceptors (Lipinski definition) is 2. The molecule has 0 unspecified atom stereocenters. The second-order valence-electron chi connectivity index (χ2n) is 5.35. The second-order valence-corrected chi connectivity index (χ2v) is 5.74. The Kier molecular flexibility index (Phi) is 6.16. The summed E-state index contributed by atoms with van der Waals surface area (Å²) in [5.74, 6) is 0. The molecule has 0 radical (unpaired) electrons. The summed E-state index contributed by atoms with van der Waals surface area (Å²) in [5.41, 5.74) is 1.11. The number of nitrogens with zero attached hydrogens (tertiary/aromatic N) is 2. The molecule has 0 fully saturated rings. The zero-order chi connectivity index (χ0) is 15.9. The van der Waals surface area contributed by atoms with E-state index in [4.69, 9.17) is 12.2 Å². The first-order valence-corrected chi connectivity index (χ1v) is 8.29. The molecule has 0 amide bonds. The topological polar surface area (TPSA) is 18.5 Å². The SMILES string of the molecule is CCN(CC)CCNC(=S)N(C)c1ccc2ccccc2c1.